The fourth-order valence-electron chi connectivity index (χ4n) is 1.24. The van der Waals surface area contributed by atoms with Gasteiger partial charge in [-0.05, 0) is 24.3 Å². The molecule has 3 nitrogen and oxygen atoms in total. The van der Waals surface area contributed by atoms with Crippen LogP contribution in [-0.2, 0) is 9.84 Å². The second-order valence-electron chi connectivity index (χ2n) is 3.31. The van der Waals surface area contributed by atoms with E-state index in [-0.39, 0.29) is 5.69 Å². The molecule has 94 valence electrons. The number of hydrogen-bond donors (Lipinski definition) is 1. The molecule has 0 spiro atoms. The molecular weight excluding hydrogens is 255 g/mol. The molecule has 0 radical (unpaired) electrons. The van der Waals surface area contributed by atoms with Crippen molar-refractivity contribution in [3.05, 3.63) is 36.9 Å². The lowest BCUT2D eigenvalue weighted by molar-refractivity contribution is -0.121. The lowest BCUT2D eigenvalue weighted by Crippen LogP contribution is -2.34. The maximum Gasteiger partial charge on any atom is 0.409 e. The highest BCUT2D eigenvalue weighted by Crippen LogP contribution is 2.31. The topological polar surface area (TPSA) is 60.2 Å². The average Bonchev–Trinajstić information content (AvgIpc) is 2.16. The van der Waals surface area contributed by atoms with Gasteiger partial charge in [0.15, 0.2) is 15.1 Å². The first-order valence-electron chi connectivity index (χ1n) is 4.48. The summed E-state index contributed by atoms with van der Waals surface area (Å²) in [5.74, 6) is 0. The van der Waals surface area contributed by atoms with E-state index in [9.17, 15) is 21.6 Å². The highest BCUT2D eigenvalue weighted by Gasteiger charge is 2.47. The molecule has 7 heteroatoms. The number of anilines is 1. The molecule has 0 saturated heterocycles. The molecule has 0 aliphatic rings. The zero-order chi connectivity index (χ0) is 13.3. The van der Waals surface area contributed by atoms with Gasteiger partial charge < -0.3 is 5.73 Å². The van der Waals surface area contributed by atoms with E-state index in [0.717, 1.165) is 12.1 Å². The summed E-state index contributed by atoms with van der Waals surface area (Å²) in [6.07, 6.45) is -4.52. The summed E-state index contributed by atoms with van der Waals surface area (Å²) in [5, 5.41) is -2.61. The van der Waals surface area contributed by atoms with Crippen molar-refractivity contribution in [1.82, 2.24) is 0 Å². The monoisotopic (exact) mass is 265 g/mol. The van der Waals surface area contributed by atoms with Crippen LogP contribution in [0.25, 0.3) is 0 Å². The molecule has 2 N–H and O–H groups in total. The van der Waals surface area contributed by atoms with Crippen LogP contribution in [0.5, 0.6) is 0 Å². The predicted octanol–water partition coefficient (Wildman–Crippen LogP) is 2.16. The van der Waals surface area contributed by atoms with Crippen molar-refractivity contribution >= 4 is 15.5 Å². The van der Waals surface area contributed by atoms with E-state index in [4.69, 9.17) is 5.73 Å². The molecule has 0 fully saturated rings. The molecule has 0 bridgehead atoms. The summed E-state index contributed by atoms with van der Waals surface area (Å²) >= 11 is 0. The number of hydrogen-bond acceptors (Lipinski definition) is 3. The van der Waals surface area contributed by atoms with E-state index >= 15 is 0 Å². The Bertz CT molecular complexity index is 505. The van der Waals surface area contributed by atoms with E-state index in [2.05, 4.69) is 6.58 Å². The molecule has 1 unspecified atom stereocenters. The second-order valence-corrected chi connectivity index (χ2v) is 5.38. The molecule has 1 aromatic carbocycles. The van der Waals surface area contributed by atoms with Crippen molar-refractivity contribution in [2.75, 3.05) is 5.73 Å². The van der Waals surface area contributed by atoms with Crippen molar-refractivity contribution in [3.63, 3.8) is 0 Å². The van der Waals surface area contributed by atoms with Gasteiger partial charge in [-0.2, -0.15) is 13.2 Å². The average molecular weight is 265 g/mol. The Morgan fingerprint density at radius 2 is 1.71 bits per heavy atom. The van der Waals surface area contributed by atoms with Gasteiger partial charge in [-0.15, -0.1) is 6.58 Å². The van der Waals surface area contributed by atoms with Crippen LogP contribution in [0.2, 0.25) is 0 Å². The molecule has 17 heavy (non-hydrogen) atoms. The number of halogens is 3. The standard InChI is InChI=1S/C10H10F3NO2S/c1-2-9(10(11,12)13)17(15,16)8-5-3-7(14)4-6-8/h2-6,9H,1,14H2. The van der Waals surface area contributed by atoms with Gasteiger partial charge in [-0.3, -0.25) is 0 Å². The Kier molecular flexibility index (Phi) is 3.51. The Labute approximate surface area is 96.7 Å². The maximum atomic E-state index is 12.5. The van der Waals surface area contributed by atoms with Crippen molar-refractivity contribution in [1.29, 1.82) is 0 Å². The molecular formula is C10H10F3NO2S. The highest BCUT2D eigenvalue weighted by molar-refractivity contribution is 7.92. The Morgan fingerprint density at radius 3 is 2.06 bits per heavy atom. The van der Waals surface area contributed by atoms with Crippen LogP contribution in [-0.4, -0.2) is 19.8 Å². The number of nitrogen functional groups attached to an aromatic ring is 1. The van der Waals surface area contributed by atoms with E-state index in [0.29, 0.717) is 6.08 Å². The van der Waals surface area contributed by atoms with Crippen LogP contribution < -0.4 is 5.73 Å². The Balaban J connectivity index is 3.27. The van der Waals surface area contributed by atoms with Gasteiger partial charge in [0.25, 0.3) is 0 Å². The van der Waals surface area contributed by atoms with Crippen LogP contribution in [0.4, 0.5) is 18.9 Å². The molecule has 0 aliphatic carbocycles. The number of alkyl halides is 3. The minimum Gasteiger partial charge on any atom is -0.399 e. The third kappa shape index (κ3) is 2.79. The molecule has 0 aliphatic heterocycles. The predicted molar refractivity (Wildman–Crippen MR) is 58.1 cm³/mol. The first-order chi connectivity index (χ1) is 7.69. The van der Waals surface area contributed by atoms with Crippen LogP contribution >= 0.6 is 0 Å². The normalized spacial score (nSPS) is 14.3. The van der Waals surface area contributed by atoms with Crippen molar-refractivity contribution in [2.24, 2.45) is 0 Å². The number of sulfone groups is 1. The summed E-state index contributed by atoms with van der Waals surface area (Å²) in [6.45, 7) is 2.91. The lowest BCUT2D eigenvalue weighted by atomic mass is 10.3. The fourth-order valence-corrected chi connectivity index (χ4v) is 2.65. The summed E-state index contributed by atoms with van der Waals surface area (Å²) in [4.78, 5) is -0.436. The number of rotatable bonds is 3. The second kappa shape index (κ2) is 4.40. The highest BCUT2D eigenvalue weighted by atomic mass is 32.2. The minimum atomic E-state index is -4.89. The minimum absolute atomic E-state index is 0.270. The molecule has 0 aromatic heterocycles. The largest absolute Gasteiger partial charge is 0.409 e. The Morgan fingerprint density at radius 1 is 1.24 bits per heavy atom. The summed E-state index contributed by atoms with van der Waals surface area (Å²) < 4.78 is 60.9. The van der Waals surface area contributed by atoms with E-state index in [1.807, 2.05) is 0 Å². The molecule has 0 amide bonds. The molecule has 1 aromatic rings. The number of benzene rings is 1. The van der Waals surface area contributed by atoms with Gasteiger partial charge >= 0.3 is 6.18 Å². The number of nitrogens with two attached hydrogens (primary N) is 1. The maximum absolute atomic E-state index is 12.5. The van der Waals surface area contributed by atoms with Gasteiger partial charge in [0.05, 0.1) is 4.90 Å². The molecule has 1 rings (SSSR count). The quantitative estimate of drug-likeness (QED) is 0.673. The van der Waals surface area contributed by atoms with Gasteiger partial charge in [-0.25, -0.2) is 8.42 Å². The van der Waals surface area contributed by atoms with Gasteiger partial charge in [0, 0.05) is 5.69 Å². The molecule has 0 saturated carbocycles. The van der Waals surface area contributed by atoms with Gasteiger partial charge in [-0.1, -0.05) is 6.08 Å². The first kappa shape index (κ1) is 13.6. The van der Waals surface area contributed by atoms with Gasteiger partial charge in [0.2, 0.25) is 0 Å². The van der Waals surface area contributed by atoms with E-state index in [1.165, 1.54) is 12.1 Å². The summed E-state index contributed by atoms with van der Waals surface area (Å²) in [5.41, 5.74) is 5.60. The van der Waals surface area contributed by atoms with Crippen molar-refractivity contribution in [3.8, 4) is 0 Å². The lowest BCUT2D eigenvalue weighted by Gasteiger charge is -2.17. The fraction of sp³-hybridized carbons (Fsp3) is 0.200. The Hall–Kier alpha value is -1.50. The third-order valence-corrected chi connectivity index (χ3v) is 4.14. The molecule has 1 atom stereocenters. The van der Waals surface area contributed by atoms with Crippen molar-refractivity contribution in [2.45, 2.75) is 16.3 Å². The van der Waals surface area contributed by atoms with E-state index in [1.54, 1.807) is 0 Å². The smallest absolute Gasteiger partial charge is 0.399 e. The van der Waals surface area contributed by atoms with Crippen molar-refractivity contribution < 1.29 is 21.6 Å². The zero-order valence-electron chi connectivity index (χ0n) is 8.61. The van der Waals surface area contributed by atoms with Crippen LogP contribution in [0.1, 0.15) is 0 Å². The zero-order valence-corrected chi connectivity index (χ0v) is 9.42. The molecule has 0 heterocycles. The van der Waals surface area contributed by atoms with E-state index < -0.39 is 26.2 Å². The van der Waals surface area contributed by atoms with Crippen LogP contribution in [0.15, 0.2) is 41.8 Å². The van der Waals surface area contributed by atoms with Gasteiger partial charge in [0.1, 0.15) is 0 Å². The third-order valence-electron chi connectivity index (χ3n) is 2.08. The van der Waals surface area contributed by atoms with Crippen LogP contribution in [0, 0.1) is 0 Å². The first-order valence-corrected chi connectivity index (χ1v) is 6.03. The SMILES string of the molecule is C=CC(C(F)(F)F)S(=O)(=O)c1ccc(N)cc1. The van der Waals surface area contributed by atoms with Crippen LogP contribution in [0.3, 0.4) is 0 Å². The summed E-state index contributed by atoms with van der Waals surface area (Å²) in [7, 11) is -4.52. The summed E-state index contributed by atoms with van der Waals surface area (Å²) in [6, 6.07) is 4.52.